The number of carbonyl (C=O) groups excluding carboxylic acids is 4. The minimum atomic E-state index is -0.806. The molecule has 0 bridgehead atoms. The number of hydrogen-bond acceptors (Lipinski definition) is 8. The summed E-state index contributed by atoms with van der Waals surface area (Å²) in [5.74, 6) is -3.14. The Morgan fingerprint density at radius 2 is 1.06 bits per heavy atom. The molecular weight excluding hydrogens is 464 g/mol. The molecule has 0 atom stereocenters. The Morgan fingerprint density at radius 3 is 1.58 bits per heavy atom. The predicted octanol–water partition coefficient (Wildman–Crippen LogP) is 4.72. The third-order valence-corrected chi connectivity index (χ3v) is 4.59. The summed E-state index contributed by atoms with van der Waals surface area (Å²) in [5.41, 5.74) is 0.320. The van der Waals surface area contributed by atoms with Crippen LogP contribution in [-0.4, -0.2) is 50.3 Å². The Balaban J connectivity index is 2.70. The Bertz CT molecular complexity index is 1190. The van der Waals surface area contributed by atoms with Crippen LogP contribution in [0.4, 0.5) is 0 Å². The van der Waals surface area contributed by atoms with Crippen LogP contribution in [-0.2, 0) is 18.9 Å². The number of rotatable bonds is 13. The maximum absolute atomic E-state index is 13.0. The minimum absolute atomic E-state index is 0.0475. The molecule has 8 nitrogen and oxygen atoms in total. The van der Waals surface area contributed by atoms with Crippen molar-refractivity contribution < 1.29 is 38.1 Å². The van der Waals surface area contributed by atoms with E-state index in [1.54, 1.807) is 12.1 Å². The summed E-state index contributed by atoms with van der Waals surface area (Å²) in [4.78, 5) is 50.9. The van der Waals surface area contributed by atoms with E-state index in [2.05, 4.69) is 26.3 Å². The molecule has 2 aromatic carbocycles. The van der Waals surface area contributed by atoms with E-state index in [0.29, 0.717) is 5.56 Å². The van der Waals surface area contributed by atoms with Crippen LogP contribution in [0.3, 0.4) is 0 Å². The predicted molar refractivity (Wildman–Crippen MR) is 134 cm³/mol. The van der Waals surface area contributed by atoms with Crippen molar-refractivity contribution in [3.05, 3.63) is 109 Å². The van der Waals surface area contributed by atoms with Gasteiger partial charge >= 0.3 is 23.9 Å². The zero-order valence-electron chi connectivity index (χ0n) is 19.7. The van der Waals surface area contributed by atoms with Gasteiger partial charge in [0.2, 0.25) is 0 Å². The molecule has 0 aliphatic heterocycles. The summed E-state index contributed by atoms with van der Waals surface area (Å²) in [7, 11) is 0. The van der Waals surface area contributed by atoms with Crippen LogP contribution in [0.2, 0.25) is 0 Å². The van der Waals surface area contributed by atoms with E-state index in [0.717, 1.165) is 0 Å². The van der Waals surface area contributed by atoms with Gasteiger partial charge in [0.1, 0.15) is 26.4 Å². The lowest BCUT2D eigenvalue weighted by Gasteiger charge is -2.15. The SMILES string of the molecule is C=CCOC(=O)c1ccc(-c2cccc(C(=O)OCC=C)c2C(=O)OCC=C)cc1C(=O)OCC=C. The third kappa shape index (κ3) is 6.89. The summed E-state index contributed by atoms with van der Waals surface area (Å²) in [6.45, 7) is 13.7. The number of esters is 4. The average Bonchev–Trinajstić information content (AvgIpc) is 2.91. The molecule has 0 saturated carbocycles. The van der Waals surface area contributed by atoms with Crippen LogP contribution < -0.4 is 0 Å². The van der Waals surface area contributed by atoms with Gasteiger partial charge in [-0.05, 0) is 29.3 Å². The molecule has 36 heavy (non-hydrogen) atoms. The Morgan fingerprint density at radius 1 is 0.583 bits per heavy atom. The van der Waals surface area contributed by atoms with Gasteiger partial charge in [0.05, 0.1) is 22.3 Å². The molecular formula is C28H26O8. The molecule has 0 aliphatic carbocycles. The molecule has 0 radical (unpaired) electrons. The van der Waals surface area contributed by atoms with Gasteiger partial charge < -0.3 is 18.9 Å². The normalized spacial score (nSPS) is 9.89. The topological polar surface area (TPSA) is 105 Å². The molecule has 0 unspecified atom stereocenters. The van der Waals surface area contributed by atoms with E-state index >= 15 is 0 Å². The van der Waals surface area contributed by atoms with Gasteiger partial charge in [0.25, 0.3) is 0 Å². The molecule has 2 rings (SSSR count). The Hall–Kier alpha value is -4.72. The van der Waals surface area contributed by atoms with Crippen LogP contribution >= 0.6 is 0 Å². The highest BCUT2D eigenvalue weighted by Gasteiger charge is 2.26. The van der Waals surface area contributed by atoms with Crippen LogP contribution in [0.15, 0.2) is 87.0 Å². The van der Waals surface area contributed by atoms with Crippen LogP contribution in [0, 0.1) is 0 Å². The fourth-order valence-corrected chi connectivity index (χ4v) is 3.09. The average molecular weight is 491 g/mol. The third-order valence-electron chi connectivity index (χ3n) is 4.59. The minimum Gasteiger partial charge on any atom is -0.458 e. The summed E-state index contributed by atoms with van der Waals surface area (Å²) < 4.78 is 20.5. The van der Waals surface area contributed by atoms with E-state index in [1.807, 2.05) is 0 Å². The smallest absolute Gasteiger partial charge is 0.339 e. The summed E-state index contributed by atoms with van der Waals surface area (Å²) in [6.07, 6.45) is 5.54. The van der Waals surface area contributed by atoms with Gasteiger partial charge in [0, 0.05) is 0 Å². The fourth-order valence-electron chi connectivity index (χ4n) is 3.09. The number of carbonyl (C=O) groups is 4. The van der Waals surface area contributed by atoms with Crippen molar-refractivity contribution in [1.29, 1.82) is 0 Å². The van der Waals surface area contributed by atoms with Crippen LogP contribution in [0.25, 0.3) is 11.1 Å². The zero-order valence-corrected chi connectivity index (χ0v) is 19.7. The molecule has 186 valence electrons. The van der Waals surface area contributed by atoms with Crippen molar-refractivity contribution in [2.24, 2.45) is 0 Å². The van der Waals surface area contributed by atoms with E-state index < -0.39 is 23.9 Å². The maximum Gasteiger partial charge on any atom is 0.339 e. The van der Waals surface area contributed by atoms with Crippen molar-refractivity contribution >= 4 is 23.9 Å². The number of benzene rings is 2. The zero-order chi connectivity index (χ0) is 26.5. The lowest BCUT2D eigenvalue weighted by molar-refractivity contribution is 0.0502. The molecule has 0 N–H and O–H groups in total. The molecule has 0 spiro atoms. The van der Waals surface area contributed by atoms with Crippen molar-refractivity contribution in [3.8, 4) is 11.1 Å². The molecule has 0 heterocycles. The highest BCUT2D eigenvalue weighted by atomic mass is 16.5. The summed E-state index contributed by atoms with van der Waals surface area (Å²) >= 11 is 0. The first-order valence-electron chi connectivity index (χ1n) is 10.8. The van der Waals surface area contributed by atoms with Gasteiger partial charge in [-0.2, -0.15) is 0 Å². The van der Waals surface area contributed by atoms with Crippen molar-refractivity contribution in [3.63, 3.8) is 0 Å². The van der Waals surface area contributed by atoms with E-state index in [1.165, 1.54) is 48.6 Å². The molecule has 0 aliphatic rings. The monoisotopic (exact) mass is 490 g/mol. The Kier molecular flexibility index (Phi) is 10.6. The quantitative estimate of drug-likeness (QED) is 0.226. The lowest BCUT2D eigenvalue weighted by Crippen LogP contribution is -2.17. The molecule has 0 saturated heterocycles. The second-order valence-corrected chi connectivity index (χ2v) is 7.04. The fraction of sp³-hybridized carbons (Fsp3) is 0.143. The summed E-state index contributed by atoms with van der Waals surface area (Å²) in [6, 6.07) is 8.78. The van der Waals surface area contributed by atoms with Crippen LogP contribution in [0.1, 0.15) is 41.4 Å². The highest BCUT2D eigenvalue weighted by molar-refractivity contribution is 6.09. The van der Waals surface area contributed by atoms with Crippen molar-refractivity contribution in [1.82, 2.24) is 0 Å². The highest BCUT2D eigenvalue weighted by Crippen LogP contribution is 2.30. The number of hydrogen-bond donors (Lipinski definition) is 0. The molecule has 0 aromatic heterocycles. The second-order valence-electron chi connectivity index (χ2n) is 7.04. The van der Waals surface area contributed by atoms with Crippen molar-refractivity contribution in [2.75, 3.05) is 26.4 Å². The van der Waals surface area contributed by atoms with Gasteiger partial charge in [-0.3, -0.25) is 0 Å². The molecule has 0 fully saturated rings. The molecule has 2 aromatic rings. The first-order valence-corrected chi connectivity index (χ1v) is 10.8. The summed E-state index contributed by atoms with van der Waals surface area (Å²) in [5, 5.41) is 0. The van der Waals surface area contributed by atoms with Gasteiger partial charge in [-0.1, -0.05) is 68.8 Å². The second kappa shape index (κ2) is 13.9. The first-order chi connectivity index (χ1) is 17.4. The molecule has 8 heteroatoms. The van der Waals surface area contributed by atoms with E-state index in [4.69, 9.17) is 18.9 Å². The van der Waals surface area contributed by atoms with Crippen LogP contribution in [0.5, 0.6) is 0 Å². The van der Waals surface area contributed by atoms with Gasteiger partial charge in [-0.25, -0.2) is 19.2 Å². The number of ether oxygens (including phenoxy) is 4. The lowest BCUT2D eigenvalue weighted by atomic mass is 9.92. The van der Waals surface area contributed by atoms with Crippen molar-refractivity contribution in [2.45, 2.75) is 0 Å². The Labute approximate surface area is 209 Å². The van der Waals surface area contributed by atoms with E-state index in [-0.39, 0.29) is 54.2 Å². The van der Waals surface area contributed by atoms with Gasteiger partial charge in [-0.15, -0.1) is 0 Å². The first kappa shape index (κ1) is 27.5. The van der Waals surface area contributed by atoms with E-state index in [9.17, 15) is 19.2 Å². The molecule has 0 amide bonds. The standard InChI is InChI=1S/C28H26O8/c1-5-14-33-25(29)21-13-12-19(18-23(21)27(31)35-16-7-3)20-10-9-11-22(26(30)34-15-6-2)24(20)28(32)36-17-8-4/h5-13,18H,1-4,14-17H2. The maximum atomic E-state index is 13.0. The van der Waals surface area contributed by atoms with Gasteiger partial charge in [0.15, 0.2) is 0 Å². The largest absolute Gasteiger partial charge is 0.458 e.